The zero-order chi connectivity index (χ0) is 25.1. The van der Waals surface area contributed by atoms with E-state index in [1.165, 1.54) is 55.5 Å². The molecule has 34 heavy (non-hydrogen) atoms. The fourth-order valence-electron chi connectivity index (χ4n) is 3.02. The maximum atomic E-state index is 13.3. The summed E-state index contributed by atoms with van der Waals surface area (Å²) in [7, 11) is -8.49. The van der Waals surface area contributed by atoms with E-state index in [0.29, 0.717) is 0 Å². The van der Waals surface area contributed by atoms with Crippen LogP contribution in [0, 0.1) is 22.7 Å². The molecule has 1 aromatic heterocycles. The number of aromatic nitrogens is 1. The molecule has 3 N–H and O–H groups in total. The molecule has 0 bridgehead atoms. The minimum Gasteiger partial charge on any atom is -0.477 e. The largest absolute Gasteiger partial charge is 0.477 e. The number of ether oxygens (including phenoxy) is 1. The van der Waals surface area contributed by atoms with Gasteiger partial charge in [-0.1, -0.05) is 18.2 Å². The zero-order valence-corrected chi connectivity index (χ0v) is 19.2. The molecule has 0 aliphatic rings. The van der Waals surface area contributed by atoms with Crippen molar-refractivity contribution >= 4 is 31.4 Å². The number of sulfonamides is 1. The van der Waals surface area contributed by atoms with Gasteiger partial charge >= 0.3 is 0 Å². The molecule has 0 unspecified atom stereocenters. The second-order valence-corrected chi connectivity index (χ2v) is 10.0. The third kappa shape index (κ3) is 4.49. The van der Waals surface area contributed by atoms with Crippen LogP contribution in [0.5, 0.6) is 5.88 Å². The molecule has 0 atom stereocenters. The van der Waals surface area contributed by atoms with Crippen molar-refractivity contribution in [3.8, 4) is 18.0 Å². The van der Waals surface area contributed by atoms with E-state index < -0.39 is 42.6 Å². The lowest BCUT2D eigenvalue weighted by Crippen LogP contribution is -2.32. The van der Waals surface area contributed by atoms with E-state index in [-0.39, 0.29) is 31.7 Å². The van der Waals surface area contributed by atoms with E-state index in [1.807, 2.05) is 0 Å². The van der Waals surface area contributed by atoms with Crippen molar-refractivity contribution in [1.29, 1.82) is 10.5 Å². The molecule has 0 saturated carbocycles. The Hall–Kier alpha value is -4.17. The Morgan fingerprint density at radius 2 is 1.53 bits per heavy atom. The summed E-state index contributed by atoms with van der Waals surface area (Å²) in [5, 5.41) is 27.3. The summed E-state index contributed by atoms with van der Waals surface area (Å²) in [4.78, 5) is 12.8. The smallest absolute Gasteiger partial charge is 0.287 e. The number of nitriles is 2. The number of benzene rings is 2. The number of nitrogens with zero attached hydrogens (tertiary/aromatic N) is 3. The van der Waals surface area contributed by atoms with E-state index in [1.54, 1.807) is 18.2 Å². The first-order chi connectivity index (χ1) is 16.1. The topological polar surface area (TPSA) is 185 Å². The Morgan fingerprint density at radius 1 is 0.941 bits per heavy atom. The standard InChI is InChI=1S/C21H17N5O6S2/c1-2-32-21-18(13-23)19(25-14-8-10-15(11-9-14)33(24,28)29)17(12-22)20(27)26(21)34(30,31)16-6-4-3-5-7-16/h3-11,25H,2H2,1H3,(H2,24,28,29). The van der Waals surface area contributed by atoms with Gasteiger partial charge in [-0.2, -0.15) is 14.5 Å². The van der Waals surface area contributed by atoms with Crippen molar-refractivity contribution < 1.29 is 21.6 Å². The van der Waals surface area contributed by atoms with Crippen LogP contribution < -0.4 is 20.8 Å². The lowest BCUT2D eigenvalue weighted by atomic mass is 10.1. The van der Waals surface area contributed by atoms with Crippen LogP contribution in [0.15, 0.2) is 69.2 Å². The molecule has 0 amide bonds. The predicted octanol–water partition coefficient (Wildman–Crippen LogP) is 1.62. The van der Waals surface area contributed by atoms with Crippen molar-refractivity contribution in [2.24, 2.45) is 5.14 Å². The third-order valence-electron chi connectivity index (χ3n) is 4.53. The molecule has 0 fully saturated rings. The number of anilines is 2. The molecule has 2 aromatic carbocycles. The van der Waals surface area contributed by atoms with Gasteiger partial charge in [0.1, 0.15) is 23.3 Å². The highest BCUT2D eigenvalue weighted by atomic mass is 32.2. The summed E-state index contributed by atoms with van der Waals surface area (Å²) < 4.78 is 55.2. The van der Waals surface area contributed by atoms with Crippen LogP contribution in [0.3, 0.4) is 0 Å². The summed E-state index contributed by atoms with van der Waals surface area (Å²) in [6.07, 6.45) is 0. The first-order valence-corrected chi connectivity index (χ1v) is 12.5. The highest BCUT2D eigenvalue weighted by molar-refractivity contribution is 7.90. The SMILES string of the molecule is CCOc1c(C#N)c(Nc2ccc(S(N)(=O)=O)cc2)c(C#N)c(=O)n1S(=O)(=O)c1ccccc1. The Kier molecular flexibility index (Phi) is 6.74. The van der Waals surface area contributed by atoms with Crippen LogP contribution in [0.2, 0.25) is 0 Å². The highest BCUT2D eigenvalue weighted by Gasteiger charge is 2.31. The van der Waals surface area contributed by atoms with Gasteiger partial charge in [-0.25, -0.2) is 22.0 Å². The van der Waals surface area contributed by atoms with Crippen LogP contribution in [-0.4, -0.2) is 27.4 Å². The third-order valence-corrected chi connectivity index (χ3v) is 7.14. The maximum Gasteiger partial charge on any atom is 0.287 e. The molecule has 0 radical (unpaired) electrons. The molecule has 0 saturated heterocycles. The monoisotopic (exact) mass is 499 g/mol. The Balaban J connectivity index is 2.31. The van der Waals surface area contributed by atoms with Gasteiger partial charge in [0.15, 0.2) is 0 Å². The van der Waals surface area contributed by atoms with Crippen LogP contribution in [-0.2, 0) is 20.0 Å². The maximum absolute atomic E-state index is 13.3. The minimum atomic E-state index is -4.53. The molecular weight excluding hydrogens is 482 g/mol. The Morgan fingerprint density at radius 3 is 2.03 bits per heavy atom. The number of nitrogens with one attached hydrogen (secondary N) is 1. The fourth-order valence-corrected chi connectivity index (χ4v) is 4.92. The van der Waals surface area contributed by atoms with Crippen LogP contribution >= 0.6 is 0 Å². The van der Waals surface area contributed by atoms with Crippen LogP contribution in [0.25, 0.3) is 0 Å². The second-order valence-electron chi connectivity index (χ2n) is 6.67. The average molecular weight is 500 g/mol. The summed E-state index contributed by atoms with van der Waals surface area (Å²) >= 11 is 0. The van der Waals surface area contributed by atoms with E-state index in [2.05, 4.69) is 5.32 Å². The molecule has 0 aliphatic heterocycles. The van der Waals surface area contributed by atoms with Crippen LogP contribution in [0.4, 0.5) is 11.4 Å². The number of hydrogen-bond acceptors (Lipinski definition) is 9. The highest BCUT2D eigenvalue weighted by Crippen LogP contribution is 2.32. The van der Waals surface area contributed by atoms with Gasteiger partial charge in [-0.05, 0) is 43.3 Å². The Labute approximate surface area is 195 Å². The molecule has 0 aliphatic carbocycles. The van der Waals surface area contributed by atoms with Crippen molar-refractivity contribution in [2.75, 3.05) is 11.9 Å². The molecule has 174 valence electrons. The van der Waals surface area contributed by atoms with Crippen molar-refractivity contribution in [3.05, 3.63) is 76.1 Å². The summed E-state index contributed by atoms with van der Waals surface area (Å²) in [6.45, 7) is 1.44. The molecule has 3 aromatic rings. The van der Waals surface area contributed by atoms with Crippen molar-refractivity contribution in [3.63, 3.8) is 0 Å². The van der Waals surface area contributed by atoms with Crippen LogP contribution in [0.1, 0.15) is 18.1 Å². The van der Waals surface area contributed by atoms with E-state index in [4.69, 9.17) is 9.88 Å². The van der Waals surface area contributed by atoms with Gasteiger partial charge in [-0.3, -0.25) is 4.79 Å². The number of rotatable bonds is 7. The Bertz CT molecular complexity index is 1600. The van der Waals surface area contributed by atoms with E-state index in [9.17, 15) is 32.2 Å². The van der Waals surface area contributed by atoms with E-state index in [0.717, 1.165) is 0 Å². The van der Waals surface area contributed by atoms with Gasteiger partial charge in [0.05, 0.1) is 22.1 Å². The first kappa shape index (κ1) is 24.5. The number of nitrogens with two attached hydrogens (primary N) is 1. The average Bonchev–Trinajstić information content (AvgIpc) is 2.80. The molecular formula is C21H17N5O6S2. The van der Waals surface area contributed by atoms with Gasteiger partial charge in [0.25, 0.3) is 15.6 Å². The van der Waals surface area contributed by atoms with E-state index >= 15 is 0 Å². The molecule has 3 rings (SSSR count). The van der Waals surface area contributed by atoms with Gasteiger partial charge in [0, 0.05) is 5.69 Å². The summed E-state index contributed by atoms with van der Waals surface area (Å²) in [6, 6.07) is 15.4. The molecule has 13 heteroatoms. The van der Waals surface area contributed by atoms with Crippen molar-refractivity contribution in [2.45, 2.75) is 16.7 Å². The molecule has 11 nitrogen and oxygen atoms in total. The van der Waals surface area contributed by atoms with Gasteiger partial charge < -0.3 is 10.1 Å². The number of primary sulfonamides is 1. The second kappa shape index (κ2) is 9.36. The molecule has 0 spiro atoms. The summed E-state index contributed by atoms with van der Waals surface area (Å²) in [5.41, 5.74) is -2.38. The summed E-state index contributed by atoms with van der Waals surface area (Å²) in [5.74, 6) is -0.568. The molecule has 1 heterocycles. The normalized spacial score (nSPS) is 11.3. The minimum absolute atomic E-state index is 0.0904. The lowest BCUT2D eigenvalue weighted by molar-refractivity contribution is 0.319. The zero-order valence-electron chi connectivity index (χ0n) is 17.6. The predicted molar refractivity (Wildman–Crippen MR) is 121 cm³/mol. The van der Waals surface area contributed by atoms with Gasteiger partial charge in [0.2, 0.25) is 15.9 Å². The lowest BCUT2D eigenvalue weighted by Gasteiger charge is -2.19. The van der Waals surface area contributed by atoms with Gasteiger partial charge in [-0.15, -0.1) is 0 Å². The quantitative estimate of drug-likeness (QED) is 0.487. The number of pyridine rings is 1. The fraction of sp³-hybridized carbons (Fsp3) is 0.0952. The number of hydrogen-bond donors (Lipinski definition) is 2. The first-order valence-electron chi connectivity index (χ1n) is 9.52. The van der Waals surface area contributed by atoms with Crippen molar-refractivity contribution in [1.82, 2.24) is 3.97 Å².